The number of aromatic carboxylic acids is 1. The van der Waals surface area contributed by atoms with Gasteiger partial charge in [0.25, 0.3) is 0 Å². The lowest BCUT2D eigenvalue weighted by Crippen LogP contribution is -2.24. The second-order valence-corrected chi connectivity index (χ2v) is 11.9. The van der Waals surface area contributed by atoms with Crippen molar-refractivity contribution in [1.29, 1.82) is 0 Å². The van der Waals surface area contributed by atoms with Crippen LogP contribution >= 0.6 is 23.2 Å². The van der Waals surface area contributed by atoms with Gasteiger partial charge in [-0.2, -0.15) is 0 Å². The third-order valence-corrected chi connectivity index (χ3v) is 9.18. The summed E-state index contributed by atoms with van der Waals surface area (Å²) in [5.74, 6) is 2.31. The number of hydrogen-bond acceptors (Lipinski definition) is 6. The van der Waals surface area contributed by atoms with Crippen LogP contribution in [0.2, 0.25) is 10.0 Å². The number of benzene rings is 1. The SMILES string of the molecule is Cn1cc(C(=O)O)c2cnc(N3C[C@H]4C[C@H](OCc5c(-c6c(Cl)cccc6Cl)noc5C5CC5)C[C@H]4C3)cc21. The molecule has 1 aromatic carbocycles. The molecule has 3 fully saturated rings. The van der Waals surface area contributed by atoms with Gasteiger partial charge >= 0.3 is 5.97 Å². The summed E-state index contributed by atoms with van der Waals surface area (Å²) in [5, 5.41) is 15.6. The normalized spacial score (nSPS) is 22.6. The second-order valence-electron chi connectivity index (χ2n) is 11.1. The van der Waals surface area contributed by atoms with E-state index >= 15 is 0 Å². The van der Waals surface area contributed by atoms with Gasteiger partial charge in [0.05, 0.1) is 33.8 Å². The lowest BCUT2D eigenvalue weighted by Gasteiger charge is -2.21. The van der Waals surface area contributed by atoms with Crippen molar-refractivity contribution in [3.05, 3.63) is 63.6 Å². The summed E-state index contributed by atoms with van der Waals surface area (Å²) in [6, 6.07) is 7.47. The van der Waals surface area contributed by atoms with Gasteiger partial charge in [0.15, 0.2) is 0 Å². The molecule has 8 nitrogen and oxygen atoms in total. The molecule has 3 aliphatic rings. The number of rotatable bonds is 7. The lowest BCUT2D eigenvalue weighted by molar-refractivity contribution is 0.0402. The van der Waals surface area contributed by atoms with Crippen LogP contribution in [0, 0.1) is 11.8 Å². The number of aromatic nitrogens is 3. The molecular weight excluding hydrogens is 539 g/mol. The van der Waals surface area contributed by atoms with Crippen LogP contribution in [0.5, 0.6) is 0 Å². The molecule has 1 N–H and O–H groups in total. The number of hydrogen-bond donors (Lipinski definition) is 1. The van der Waals surface area contributed by atoms with Crippen LogP contribution < -0.4 is 4.90 Å². The maximum absolute atomic E-state index is 11.6. The molecule has 1 aliphatic heterocycles. The van der Waals surface area contributed by atoms with Crippen LogP contribution in [-0.2, 0) is 18.4 Å². The van der Waals surface area contributed by atoms with Crippen LogP contribution in [0.3, 0.4) is 0 Å². The minimum Gasteiger partial charge on any atom is -0.478 e. The van der Waals surface area contributed by atoms with E-state index in [2.05, 4.69) is 15.0 Å². The van der Waals surface area contributed by atoms with Crippen molar-refractivity contribution in [1.82, 2.24) is 14.7 Å². The van der Waals surface area contributed by atoms with Gasteiger partial charge < -0.3 is 23.8 Å². The third-order valence-electron chi connectivity index (χ3n) is 8.55. The Labute approximate surface area is 235 Å². The summed E-state index contributed by atoms with van der Waals surface area (Å²) in [6.45, 7) is 2.26. The topological polar surface area (TPSA) is 93.6 Å². The van der Waals surface area contributed by atoms with Gasteiger partial charge in [-0.25, -0.2) is 9.78 Å². The molecule has 4 heterocycles. The number of fused-ring (bicyclic) bond motifs is 2. The first-order valence-corrected chi connectivity index (χ1v) is 14.1. The first-order valence-electron chi connectivity index (χ1n) is 13.3. The van der Waals surface area contributed by atoms with Crippen molar-refractivity contribution in [2.75, 3.05) is 18.0 Å². The Kier molecular flexibility index (Phi) is 6.10. The predicted octanol–water partition coefficient (Wildman–Crippen LogP) is 6.54. The van der Waals surface area contributed by atoms with Crippen molar-refractivity contribution in [3.63, 3.8) is 0 Å². The van der Waals surface area contributed by atoms with Gasteiger partial charge in [-0.15, -0.1) is 0 Å². The van der Waals surface area contributed by atoms with Crippen molar-refractivity contribution in [3.8, 4) is 11.3 Å². The Balaban J connectivity index is 1.04. The fourth-order valence-corrected chi connectivity index (χ4v) is 7.00. The smallest absolute Gasteiger partial charge is 0.337 e. The Morgan fingerprint density at radius 3 is 2.56 bits per heavy atom. The summed E-state index contributed by atoms with van der Waals surface area (Å²) in [5.41, 5.74) is 3.51. The minimum atomic E-state index is -0.936. The zero-order chi connectivity index (χ0) is 26.8. The van der Waals surface area contributed by atoms with E-state index in [4.69, 9.17) is 32.5 Å². The van der Waals surface area contributed by atoms with Gasteiger partial charge in [0, 0.05) is 61.0 Å². The van der Waals surface area contributed by atoms with Crippen LogP contribution in [0.4, 0.5) is 5.82 Å². The number of aryl methyl sites for hydroxylation is 1. The molecule has 2 saturated carbocycles. The van der Waals surface area contributed by atoms with E-state index < -0.39 is 5.97 Å². The maximum Gasteiger partial charge on any atom is 0.337 e. The number of anilines is 1. The average molecular weight is 567 g/mol. The van der Waals surface area contributed by atoms with Crippen molar-refractivity contribution < 1.29 is 19.2 Å². The summed E-state index contributed by atoms with van der Waals surface area (Å²) in [6.07, 6.45) is 7.68. The molecule has 39 heavy (non-hydrogen) atoms. The maximum atomic E-state index is 11.6. The summed E-state index contributed by atoms with van der Waals surface area (Å²) in [7, 11) is 1.87. The number of carbonyl (C=O) groups is 1. The molecule has 7 rings (SSSR count). The molecule has 3 aromatic heterocycles. The van der Waals surface area contributed by atoms with Gasteiger partial charge in [-0.3, -0.25) is 0 Å². The number of carboxylic acid groups (broad SMARTS) is 1. The molecule has 1 saturated heterocycles. The highest BCUT2D eigenvalue weighted by molar-refractivity contribution is 6.39. The number of halogens is 2. The van der Waals surface area contributed by atoms with E-state index in [9.17, 15) is 9.90 Å². The Morgan fingerprint density at radius 2 is 1.90 bits per heavy atom. The molecule has 0 radical (unpaired) electrons. The zero-order valence-electron chi connectivity index (χ0n) is 21.4. The molecule has 0 bridgehead atoms. The van der Waals surface area contributed by atoms with E-state index in [-0.39, 0.29) is 11.7 Å². The molecule has 0 unspecified atom stereocenters. The highest BCUT2D eigenvalue weighted by Crippen LogP contribution is 2.47. The van der Waals surface area contributed by atoms with Gasteiger partial charge in [0.2, 0.25) is 0 Å². The number of ether oxygens (including phenoxy) is 1. The number of nitrogens with zero attached hydrogens (tertiary/aromatic N) is 4. The minimum absolute atomic E-state index is 0.167. The summed E-state index contributed by atoms with van der Waals surface area (Å²) < 4.78 is 14.2. The van der Waals surface area contributed by atoms with Crippen molar-refractivity contribution in [2.24, 2.45) is 18.9 Å². The molecule has 3 atom stereocenters. The Morgan fingerprint density at radius 1 is 1.18 bits per heavy atom. The highest BCUT2D eigenvalue weighted by Gasteiger charge is 2.42. The van der Waals surface area contributed by atoms with E-state index in [1.807, 2.05) is 35.9 Å². The van der Waals surface area contributed by atoms with Crippen molar-refractivity contribution in [2.45, 2.75) is 44.3 Å². The Hall–Kier alpha value is -3.07. The lowest BCUT2D eigenvalue weighted by atomic mass is 10.0. The zero-order valence-corrected chi connectivity index (χ0v) is 23.0. The van der Waals surface area contributed by atoms with E-state index in [1.165, 1.54) is 0 Å². The van der Waals surface area contributed by atoms with E-state index in [1.54, 1.807) is 12.4 Å². The van der Waals surface area contributed by atoms with E-state index in [0.717, 1.165) is 61.4 Å². The van der Waals surface area contributed by atoms with Gasteiger partial charge in [0.1, 0.15) is 17.3 Å². The molecule has 10 heteroatoms. The highest BCUT2D eigenvalue weighted by atomic mass is 35.5. The number of carboxylic acids is 1. The van der Waals surface area contributed by atoms with Crippen LogP contribution in [0.25, 0.3) is 22.2 Å². The fraction of sp³-hybridized carbons (Fsp3) is 0.414. The summed E-state index contributed by atoms with van der Waals surface area (Å²) >= 11 is 13.0. The first kappa shape index (κ1) is 24.9. The second kappa shape index (κ2) is 9.54. The van der Waals surface area contributed by atoms with Crippen LogP contribution in [-0.4, -0.2) is 45.0 Å². The fourth-order valence-electron chi connectivity index (χ4n) is 6.43. The predicted molar refractivity (Wildman–Crippen MR) is 149 cm³/mol. The Bertz CT molecular complexity index is 1560. The molecule has 4 aromatic rings. The molecule has 202 valence electrons. The monoisotopic (exact) mass is 566 g/mol. The quantitative estimate of drug-likeness (QED) is 0.271. The summed E-state index contributed by atoms with van der Waals surface area (Å²) in [4.78, 5) is 18.5. The largest absolute Gasteiger partial charge is 0.478 e. The molecular formula is C29H28Cl2N4O4. The first-order chi connectivity index (χ1) is 18.9. The standard InChI is InChI=1S/C29H28Cl2N4O4/c1-34-13-20(29(36)37)19-10-32-25(9-24(19)34)35-11-16-7-18(8-17(16)12-35)38-14-21-27(33-39-28(21)15-5-6-15)26-22(30)3-2-4-23(26)31/h2-4,9-10,13,15-18H,5-8,11-12,14H2,1H3,(H,36,37)/t16-,17+,18+. The molecule has 0 amide bonds. The molecule has 0 spiro atoms. The van der Waals surface area contributed by atoms with E-state index in [0.29, 0.717) is 51.0 Å². The van der Waals surface area contributed by atoms with Gasteiger partial charge in [-0.05, 0) is 49.7 Å². The average Bonchev–Trinajstić information content (AvgIpc) is 3.21. The third kappa shape index (κ3) is 4.39. The van der Waals surface area contributed by atoms with Crippen LogP contribution in [0.15, 0.2) is 41.2 Å². The van der Waals surface area contributed by atoms with Gasteiger partial charge in [-0.1, -0.05) is 34.4 Å². The van der Waals surface area contributed by atoms with Crippen LogP contribution in [0.1, 0.15) is 53.3 Å². The van der Waals surface area contributed by atoms with Crippen molar-refractivity contribution >= 4 is 45.9 Å². The molecule has 2 aliphatic carbocycles. The number of pyridine rings is 1.